The van der Waals surface area contributed by atoms with Crippen LogP contribution in [-0.4, -0.2) is 66.8 Å². The minimum absolute atomic E-state index is 0.0880. The Hall–Kier alpha value is -0.760. The van der Waals surface area contributed by atoms with Gasteiger partial charge in [0.05, 0.1) is 24.4 Å². The summed E-state index contributed by atoms with van der Waals surface area (Å²) >= 11 is 0. The van der Waals surface area contributed by atoms with Crippen molar-refractivity contribution in [2.45, 2.75) is 83.1 Å². The molecule has 0 aromatic rings. The average Bonchev–Trinajstić information content (AvgIpc) is 2.55. The molecule has 0 amide bonds. The molecule has 2 saturated carbocycles. The van der Waals surface area contributed by atoms with Crippen LogP contribution in [-0.2, 0) is 0 Å². The summed E-state index contributed by atoms with van der Waals surface area (Å²) in [6.45, 7) is 10.8. The molecule has 6 nitrogen and oxygen atoms in total. The van der Waals surface area contributed by atoms with E-state index in [0.717, 1.165) is 0 Å². The van der Waals surface area contributed by atoms with Crippen LogP contribution in [0.1, 0.15) is 47.0 Å². The fraction of sp³-hybridized carbons (Fsp3) is 0.800. The number of fused-ring (bicyclic) bond motifs is 3. The Balaban J connectivity index is 2.29. The zero-order chi connectivity index (χ0) is 19.8. The first-order valence-electron chi connectivity index (χ1n) is 9.33. The molecule has 6 N–H and O–H groups in total. The van der Waals surface area contributed by atoms with Crippen molar-refractivity contribution in [1.82, 2.24) is 0 Å². The van der Waals surface area contributed by atoms with Gasteiger partial charge in [-0.25, -0.2) is 0 Å². The van der Waals surface area contributed by atoms with E-state index < -0.39 is 52.9 Å². The van der Waals surface area contributed by atoms with Crippen LogP contribution in [0, 0.1) is 16.7 Å². The Bertz CT molecular complexity index is 655. The number of hydrogen-bond acceptors (Lipinski definition) is 6. The molecule has 3 aliphatic rings. The standard InChI is InChI=1S/C20H32O6/c1-9-11(21)6-7-19(5)14(9)16(24)20(26)8-12(22)10(2)13(18(20,3)4)15(23)17(19)25/h11-12,14-17,21-26H,1,6-8H2,2-5H3/t11-,12-,14-,15+,16-,17-,19+,20+/m0/s1. The Morgan fingerprint density at radius 1 is 0.962 bits per heavy atom. The van der Waals surface area contributed by atoms with Crippen LogP contribution >= 0.6 is 0 Å². The molecule has 6 heteroatoms. The summed E-state index contributed by atoms with van der Waals surface area (Å²) in [5, 5.41) is 65.9. The fourth-order valence-electron chi connectivity index (χ4n) is 5.81. The van der Waals surface area contributed by atoms with Crippen LogP contribution in [0.4, 0.5) is 0 Å². The molecule has 2 bridgehead atoms. The highest BCUT2D eigenvalue weighted by molar-refractivity contribution is 5.39. The topological polar surface area (TPSA) is 121 Å². The summed E-state index contributed by atoms with van der Waals surface area (Å²) in [5.41, 5.74) is -2.54. The summed E-state index contributed by atoms with van der Waals surface area (Å²) in [7, 11) is 0. The molecule has 0 spiro atoms. The summed E-state index contributed by atoms with van der Waals surface area (Å²) in [5.74, 6) is -0.813. The van der Waals surface area contributed by atoms with Gasteiger partial charge in [-0.15, -0.1) is 0 Å². The van der Waals surface area contributed by atoms with Gasteiger partial charge in [-0.05, 0) is 36.5 Å². The summed E-state index contributed by atoms with van der Waals surface area (Å²) in [6, 6.07) is 0. The number of rotatable bonds is 0. The van der Waals surface area contributed by atoms with Crippen LogP contribution in [0.3, 0.4) is 0 Å². The van der Waals surface area contributed by atoms with E-state index in [1.807, 2.05) is 0 Å². The minimum Gasteiger partial charge on any atom is -0.389 e. The van der Waals surface area contributed by atoms with E-state index in [9.17, 15) is 30.6 Å². The summed E-state index contributed by atoms with van der Waals surface area (Å²) < 4.78 is 0. The number of aliphatic hydroxyl groups excluding tert-OH is 5. The van der Waals surface area contributed by atoms with Crippen molar-refractivity contribution < 1.29 is 30.6 Å². The smallest absolute Gasteiger partial charge is 0.103 e. The Morgan fingerprint density at radius 2 is 1.54 bits per heavy atom. The van der Waals surface area contributed by atoms with E-state index in [0.29, 0.717) is 29.6 Å². The maximum absolute atomic E-state index is 11.6. The molecule has 0 heterocycles. The van der Waals surface area contributed by atoms with Gasteiger partial charge in [-0.2, -0.15) is 0 Å². The van der Waals surface area contributed by atoms with Crippen LogP contribution < -0.4 is 0 Å². The van der Waals surface area contributed by atoms with E-state index in [1.54, 1.807) is 27.7 Å². The van der Waals surface area contributed by atoms with Crippen LogP contribution in [0.2, 0.25) is 0 Å². The van der Waals surface area contributed by atoms with Gasteiger partial charge in [0, 0.05) is 23.2 Å². The van der Waals surface area contributed by atoms with Crippen LogP contribution in [0.5, 0.6) is 0 Å². The van der Waals surface area contributed by atoms with Crippen molar-refractivity contribution in [2.75, 3.05) is 0 Å². The van der Waals surface area contributed by atoms with E-state index in [1.165, 1.54) is 0 Å². The lowest BCUT2D eigenvalue weighted by Crippen LogP contribution is -2.69. The van der Waals surface area contributed by atoms with Crippen molar-refractivity contribution in [1.29, 1.82) is 0 Å². The Labute approximate surface area is 154 Å². The third-order valence-corrected chi connectivity index (χ3v) is 7.75. The molecule has 0 aliphatic heterocycles. The van der Waals surface area contributed by atoms with Gasteiger partial charge < -0.3 is 30.6 Å². The van der Waals surface area contributed by atoms with Gasteiger partial charge >= 0.3 is 0 Å². The molecular weight excluding hydrogens is 336 g/mol. The fourth-order valence-corrected chi connectivity index (χ4v) is 5.81. The first kappa shape index (κ1) is 20.0. The first-order valence-corrected chi connectivity index (χ1v) is 9.33. The molecule has 0 aromatic heterocycles. The predicted octanol–water partition coefficient (Wildman–Crippen LogP) is 0.254. The molecule has 148 valence electrons. The van der Waals surface area contributed by atoms with Gasteiger partial charge in [0.25, 0.3) is 0 Å². The maximum Gasteiger partial charge on any atom is 0.103 e. The Morgan fingerprint density at radius 3 is 2.12 bits per heavy atom. The third-order valence-electron chi connectivity index (χ3n) is 7.75. The molecular formula is C20H32O6. The summed E-state index contributed by atoms with van der Waals surface area (Å²) in [6.07, 6.45) is -5.11. The molecule has 0 radical (unpaired) electrons. The SMILES string of the molecule is C=C1[C@@H](O)CC[C@@]2(C)[C@@H](O)[C@H](O)C3=C(C)[C@@H](O)C[C@@](O)([C@@H](O)[C@H]12)C3(C)C. The highest BCUT2D eigenvalue weighted by atomic mass is 16.4. The normalized spacial score (nSPS) is 51.5. The zero-order valence-corrected chi connectivity index (χ0v) is 16.0. The molecule has 0 aromatic carbocycles. The van der Waals surface area contributed by atoms with Crippen molar-refractivity contribution in [2.24, 2.45) is 16.7 Å². The van der Waals surface area contributed by atoms with E-state index in [2.05, 4.69) is 6.58 Å². The highest BCUT2D eigenvalue weighted by Gasteiger charge is 2.65. The summed E-state index contributed by atoms with van der Waals surface area (Å²) in [4.78, 5) is 0. The minimum atomic E-state index is -1.74. The van der Waals surface area contributed by atoms with Crippen molar-refractivity contribution in [3.63, 3.8) is 0 Å². The monoisotopic (exact) mass is 368 g/mol. The van der Waals surface area contributed by atoms with Gasteiger partial charge in [0.1, 0.15) is 11.7 Å². The molecule has 2 fully saturated rings. The second kappa shape index (κ2) is 5.87. The first-order chi connectivity index (χ1) is 11.8. The van der Waals surface area contributed by atoms with Crippen molar-refractivity contribution in [3.05, 3.63) is 23.3 Å². The quantitative estimate of drug-likeness (QED) is 0.341. The molecule has 3 aliphatic carbocycles. The Kier molecular flexibility index (Phi) is 4.51. The number of aliphatic hydroxyl groups is 6. The lowest BCUT2D eigenvalue weighted by molar-refractivity contribution is -0.224. The average molecular weight is 368 g/mol. The van der Waals surface area contributed by atoms with Gasteiger partial charge in [0.15, 0.2) is 0 Å². The van der Waals surface area contributed by atoms with Crippen LogP contribution in [0.25, 0.3) is 0 Å². The number of hydrogen-bond donors (Lipinski definition) is 6. The van der Waals surface area contributed by atoms with Gasteiger partial charge in [-0.1, -0.05) is 27.4 Å². The lowest BCUT2D eigenvalue weighted by atomic mass is 9.48. The molecule has 3 rings (SSSR count). The zero-order valence-electron chi connectivity index (χ0n) is 16.0. The second-order valence-corrected chi connectivity index (χ2v) is 9.31. The molecule has 0 saturated heterocycles. The van der Waals surface area contributed by atoms with E-state index in [-0.39, 0.29) is 6.42 Å². The third kappa shape index (κ3) is 2.26. The van der Waals surface area contributed by atoms with E-state index >= 15 is 0 Å². The maximum atomic E-state index is 11.6. The lowest BCUT2D eigenvalue weighted by Gasteiger charge is -2.61. The molecule has 8 atom stereocenters. The second-order valence-electron chi connectivity index (χ2n) is 9.31. The van der Waals surface area contributed by atoms with Crippen LogP contribution in [0.15, 0.2) is 23.3 Å². The highest BCUT2D eigenvalue weighted by Crippen LogP contribution is 2.60. The molecule has 0 unspecified atom stereocenters. The van der Waals surface area contributed by atoms with Crippen molar-refractivity contribution >= 4 is 0 Å². The largest absolute Gasteiger partial charge is 0.389 e. The molecule has 26 heavy (non-hydrogen) atoms. The predicted molar refractivity (Wildman–Crippen MR) is 96.1 cm³/mol. The van der Waals surface area contributed by atoms with Crippen molar-refractivity contribution in [3.8, 4) is 0 Å². The van der Waals surface area contributed by atoms with E-state index in [4.69, 9.17) is 0 Å². The van der Waals surface area contributed by atoms with Gasteiger partial charge in [0.2, 0.25) is 0 Å². The van der Waals surface area contributed by atoms with Gasteiger partial charge in [-0.3, -0.25) is 0 Å².